The fourth-order valence-electron chi connectivity index (χ4n) is 2.92. The SMILES string of the molecule is COc1ccc(C(=O)N(C)CCCOc2ccccc2C)cc1S(=O)(=O)NC(C)C. The minimum Gasteiger partial charge on any atom is -0.495 e. The largest absolute Gasteiger partial charge is 0.495 e. The Balaban J connectivity index is 2.05. The van der Waals surface area contributed by atoms with E-state index in [1.807, 2.05) is 31.2 Å². The molecule has 2 aromatic carbocycles. The van der Waals surface area contributed by atoms with Crippen molar-refractivity contribution in [2.45, 2.75) is 38.1 Å². The van der Waals surface area contributed by atoms with Gasteiger partial charge < -0.3 is 14.4 Å². The first-order chi connectivity index (χ1) is 14.2. The number of hydrogen-bond acceptors (Lipinski definition) is 5. The van der Waals surface area contributed by atoms with Crippen LogP contribution in [0.5, 0.6) is 11.5 Å². The van der Waals surface area contributed by atoms with E-state index in [0.717, 1.165) is 11.3 Å². The van der Waals surface area contributed by atoms with E-state index >= 15 is 0 Å². The van der Waals surface area contributed by atoms with Gasteiger partial charge in [-0.1, -0.05) is 18.2 Å². The summed E-state index contributed by atoms with van der Waals surface area (Å²) >= 11 is 0. The standard InChI is InChI=1S/C22H30N2O5S/c1-16(2)23-30(26,27)21-15-18(11-12-20(21)28-5)22(25)24(4)13-8-14-29-19-10-7-6-9-17(19)3/h6-7,9-12,15-16,23H,8,13-14H2,1-5H3. The van der Waals surface area contributed by atoms with Crippen LogP contribution in [-0.2, 0) is 10.0 Å². The summed E-state index contributed by atoms with van der Waals surface area (Å²) in [5.74, 6) is 0.748. The van der Waals surface area contributed by atoms with Crippen molar-refractivity contribution in [3.05, 3.63) is 53.6 Å². The Labute approximate surface area is 179 Å². The number of nitrogens with one attached hydrogen (secondary N) is 1. The van der Waals surface area contributed by atoms with Gasteiger partial charge in [-0.05, 0) is 57.0 Å². The van der Waals surface area contributed by atoms with Crippen LogP contribution in [0.4, 0.5) is 0 Å². The van der Waals surface area contributed by atoms with E-state index in [1.54, 1.807) is 31.9 Å². The number of para-hydroxylation sites is 1. The number of nitrogens with zero attached hydrogens (tertiary/aromatic N) is 1. The summed E-state index contributed by atoms with van der Waals surface area (Å²) < 4.78 is 38.7. The lowest BCUT2D eigenvalue weighted by Gasteiger charge is -2.19. The number of carbonyl (C=O) groups is 1. The van der Waals surface area contributed by atoms with E-state index < -0.39 is 10.0 Å². The summed E-state index contributed by atoms with van der Waals surface area (Å²) in [4.78, 5) is 14.3. The van der Waals surface area contributed by atoms with E-state index in [-0.39, 0.29) is 28.2 Å². The third-order valence-electron chi connectivity index (χ3n) is 4.43. The van der Waals surface area contributed by atoms with Gasteiger partial charge in [-0.3, -0.25) is 4.79 Å². The molecule has 0 radical (unpaired) electrons. The second-order valence-corrected chi connectivity index (χ2v) is 9.02. The third-order valence-corrected chi connectivity index (χ3v) is 6.11. The van der Waals surface area contributed by atoms with Gasteiger partial charge in [0.25, 0.3) is 5.91 Å². The second kappa shape index (κ2) is 10.4. The van der Waals surface area contributed by atoms with Gasteiger partial charge in [0.15, 0.2) is 0 Å². The molecule has 30 heavy (non-hydrogen) atoms. The number of sulfonamides is 1. The van der Waals surface area contributed by atoms with Crippen LogP contribution in [0.1, 0.15) is 36.2 Å². The summed E-state index contributed by atoms with van der Waals surface area (Å²) in [6, 6.07) is 11.9. The van der Waals surface area contributed by atoms with Gasteiger partial charge in [0.05, 0.1) is 13.7 Å². The quantitative estimate of drug-likeness (QED) is 0.581. The number of carbonyl (C=O) groups excluding carboxylic acids is 1. The molecule has 0 spiro atoms. The van der Waals surface area contributed by atoms with Gasteiger partial charge in [0.1, 0.15) is 16.4 Å². The summed E-state index contributed by atoms with van der Waals surface area (Å²) in [6.07, 6.45) is 0.646. The average molecular weight is 435 g/mol. The van der Waals surface area contributed by atoms with Crippen molar-refractivity contribution < 1.29 is 22.7 Å². The summed E-state index contributed by atoms with van der Waals surface area (Å²) in [5.41, 5.74) is 1.34. The number of amides is 1. The first-order valence-electron chi connectivity index (χ1n) is 9.80. The minimum absolute atomic E-state index is 0.0548. The van der Waals surface area contributed by atoms with Crippen molar-refractivity contribution in [3.8, 4) is 11.5 Å². The Bertz CT molecular complexity index is 973. The van der Waals surface area contributed by atoms with Crippen molar-refractivity contribution in [1.29, 1.82) is 0 Å². The highest BCUT2D eigenvalue weighted by molar-refractivity contribution is 7.89. The molecule has 0 atom stereocenters. The lowest BCUT2D eigenvalue weighted by molar-refractivity contribution is 0.0787. The van der Waals surface area contributed by atoms with Crippen LogP contribution in [0.2, 0.25) is 0 Å². The molecule has 164 valence electrons. The van der Waals surface area contributed by atoms with Crippen molar-refractivity contribution in [1.82, 2.24) is 9.62 Å². The van der Waals surface area contributed by atoms with Crippen LogP contribution in [0.25, 0.3) is 0 Å². The molecule has 0 aliphatic carbocycles. The molecule has 0 heterocycles. The number of ether oxygens (including phenoxy) is 2. The van der Waals surface area contributed by atoms with Crippen LogP contribution >= 0.6 is 0 Å². The molecule has 8 heteroatoms. The highest BCUT2D eigenvalue weighted by Crippen LogP contribution is 2.25. The van der Waals surface area contributed by atoms with Crippen molar-refractivity contribution in [2.75, 3.05) is 27.3 Å². The Hall–Kier alpha value is -2.58. The molecule has 0 unspecified atom stereocenters. The number of benzene rings is 2. The lowest BCUT2D eigenvalue weighted by Crippen LogP contribution is -2.31. The van der Waals surface area contributed by atoms with Crippen LogP contribution in [0.3, 0.4) is 0 Å². The molecule has 2 rings (SSSR count). The minimum atomic E-state index is -3.81. The van der Waals surface area contributed by atoms with E-state index in [4.69, 9.17) is 9.47 Å². The molecular formula is C22H30N2O5S. The molecular weight excluding hydrogens is 404 g/mol. The second-order valence-electron chi connectivity index (χ2n) is 7.34. The summed E-state index contributed by atoms with van der Waals surface area (Å²) in [5, 5.41) is 0. The molecule has 0 bridgehead atoms. The Morgan fingerprint density at radius 3 is 2.47 bits per heavy atom. The van der Waals surface area contributed by atoms with Gasteiger partial charge >= 0.3 is 0 Å². The molecule has 0 aliphatic heterocycles. The normalized spacial score (nSPS) is 11.4. The zero-order valence-electron chi connectivity index (χ0n) is 18.1. The first kappa shape index (κ1) is 23.7. The van der Waals surface area contributed by atoms with Crippen LogP contribution in [0, 0.1) is 6.92 Å². The third kappa shape index (κ3) is 6.21. The number of hydrogen-bond donors (Lipinski definition) is 1. The number of methoxy groups -OCH3 is 1. The zero-order valence-corrected chi connectivity index (χ0v) is 19.0. The van der Waals surface area contributed by atoms with E-state index in [1.165, 1.54) is 19.2 Å². The topological polar surface area (TPSA) is 84.9 Å². The summed E-state index contributed by atoms with van der Waals surface area (Å²) in [6.45, 7) is 6.39. The fraction of sp³-hybridized carbons (Fsp3) is 0.409. The molecule has 0 aromatic heterocycles. The van der Waals surface area contributed by atoms with Crippen LogP contribution in [0.15, 0.2) is 47.4 Å². The van der Waals surface area contributed by atoms with Crippen molar-refractivity contribution in [2.24, 2.45) is 0 Å². The zero-order chi connectivity index (χ0) is 22.3. The molecule has 0 aliphatic rings. The highest BCUT2D eigenvalue weighted by Gasteiger charge is 2.23. The highest BCUT2D eigenvalue weighted by atomic mass is 32.2. The molecule has 1 amide bonds. The van der Waals surface area contributed by atoms with Gasteiger partial charge in [0.2, 0.25) is 10.0 Å². The maximum atomic E-state index is 12.8. The predicted molar refractivity (Wildman–Crippen MR) is 117 cm³/mol. The van der Waals surface area contributed by atoms with E-state index in [9.17, 15) is 13.2 Å². The number of aryl methyl sites for hydroxylation is 1. The maximum absolute atomic E-state index is 12.8. The van der Waals surface area contributed by atoms with E-state index in [0.29, 0.717) is 19.6 Å². The first-order valence-corrected chi connectivity index (χ1v) is 11.3. The van der Waals surface area contributed by atoms with Gasteiger partial charge in [-0.15, -0.1) is 0 Å². The molecule has 0 fully saturated rings. The fourth-order valence-corrected chi connectivity index (χ4v) is 4.36. The molecule has 2 aromatic rings. The molecule has 7 nitrogen and oxygen atoms in total. The summed E-state index contributed by atoms with van der Waals surface area (Å²) in [7, 11) is -0.729. The van der Waals surface area contributed by atoms with Crippen LogP contribution in [-0.4, -0.2) is 52.6 Å². The van der Waals surface area contributed by atoms with Gasteiger partial charge in [-0.2, -0.15) is 0 Å². The Morgan fingerprint density at radius 1 is 1.13 bits per heavy atom. The number of rotatable bonds is 10. The Kier molecular flexibility index (Phi) is 8.25. The average Bonchev–Trinajstić information content (AvgIpc) is 2.70. The Morgan fingerprint density at radius 2 is 1.83 bits per heavy atom. The molecule has 0 saturated heterocycles. The van der Waals surface area contributed by atoms with Crippen molar-refractivity contribution >= 4 is 15.9 Å². The molecule has 0 saturated carbocycles. The van der Waals surface area contributed by atoms with Gasteiger partial charge in [0, 0.05) is 25.2 Å². The monoisotopic (exact) mass is 434 g/mol. The predicted octanol–water partition coefficient (Wildman–Crippen LogP) is 3.23. The van der Waals surface area contributed by atoms with Crippen LogP contribution < -0.4 is 14.2 Å². The van der Waals surface area contributed by atoms with Gasteiger partial charge in [-0.25, -0.2) is 13.1 Å². The molecule has 1 N–H and O–H groups in total. The maximum Gasteiger partial charge on any atom is 0.253 e. The van der Waals surface area contributed by atoms with Crippen molar-refractivity contribution in [3.63, 3.8) is 0 Å². The van der Waals surface area contributed by atoms with E-state index in [2.05, 4.69) is 4.72 Å². The smallest absolute Gasteiger partial charge is 0.253 e. The lowest BCUT2D eigenvalue weighted by atomic mass is 10.2.